The molecule has 2 aromatic rings. The molecule has 120 valence electrons. The number of halogens is 1. The molecule has 0 spiro atoms. The number of benzene rings is 2. The van der Waals surface area contributed by atoms with E-state index in [2.05, 4.69) is 5.32 Å². The van der Waals surface area contributed by atoms with Crippen LogP contribution >= 0.6 is 11.6 Å². The number of rotatable bonds is 6. The van der Waals surface area contributed by atoms with Crippen LogP contribution in [0.3, 0.4) is 0 Å². The van der Waals surface area contributed by atoms with Crippen molar-refractivity contribution in [1.82, 2.24) is 5.32 Å². The number of likely N-dealkylation sites (N-methyl/N-ethyl adjacent to an activating group) is 1. The van der Waals surface area contributed by atoms with E-state index in [0.717, 1.165) is 0 Å². The Morgan fingerprint density at radius 2 is 1.65 bits per heavy atom. The van der Waals surface area contributed by atoms with Crippen molar-refractivity contribution in [1.29, 1.82) is 0 Å². The molecule has 0 aliphatic carbocycles. The summed E-state index contributed by atoms with van der Waals surface area (Å²) in [6, 6.07) is 15.1. The quantitative estimate of drug-likeness (QED) is 0.651. The zero-order valence-electron chi connectivity index (χ0n) is 13.0. The monoisotopic (exact) mass is 331 g/mol. The van der Waals surface area contributed by atoms with Crippen molar-refractivity contribution in [3.8, 4) is 0 Å². The molecule has 0 aliphatic heterocycles. The summed E-state index contributed by atoms with van der Waals surface area (Å²) in [5.41, 5.74) is 1.26. The van der Waals surface area contributed by atoms with Crippen molar-refractivity contribution >= 4 is 23.4 Å². The van der Waals surface area contributed by atoms with Crippen LogP contribution in [0, 0.1) is 0 Å². The molecule has 0 saturated carbocycles. The molecule has 0 radical (unpaired) electrons. The van der Waals surface area contributed by atoms with Crippen LogP contribution in [0.25, 0.3) is 0 Å². The topological polar surface area (TPSA) is 55.4 Å². The average molecular weight is 332 g/mol. The van der Waals surface area contributed by atoms with Crippen LogP contribution in [0.5, 0.6) is 0 Å². The standard InChI is InChI=1S/C18H18ClNO3/c1-12(21)23-18(14-8-10-15(19)11-9-14)16(20-2)17(22)13-6-4-3-5-7-13/h3-11,16,18,20H,1-2H3/t16-,18+/m1/s1. The van der Waals surface area contributed by atoms with Gasteiger partial charge >= 0.3 is 5.97 Å². The fourth-order valence-electron chi connectivity index (χ4n) is 2.36. The van der Waals surface area contributed by atoms with Crippen molar-refractivity contribution in [2.45, 2.75) is 19.1 Å². The number of Topliss-reactive ketones (excluding diaryl/α,β-unsaturated/α-hetero) is 1. The summed E-state index contributed by atoms with van der Waals surface area (Å²) in [6.07, 6.45) is -0.734. The lowest BCUT2D eigenvalue weighted by Crippen LogP contribution is -2.41. The first-order valence-electron chi connectivity index (χ1n) is 7.22. The molecule has 23 heavy (non-hydrogen) atoms. The summed E-state index contributed by atoms with van der Waals surface area (Å²) in [5, 5.41) is 3.53. The number of hydrogen-bond acceptors (Lipinski definition) is 4. The van der Waals surface area contributed by atoms with E-state index in [1.54, 1.807) is 55.6 Å². The van der Waals surface area contributed by atoms with E-state index < -0.39 is 18.1 Å². The molecule has 0 bridgehead atoms. The highest BCUT2D eigenvalue weighted by Gasteiger charge is 2.31. The minimum atomic E-state index is -0.734. The van der Waals surface area contributed by atoms with E-state index in [1.807, 2.05) is 6.07 Å². The van der Waals surface area contributed by atoms with Crippen molar-refractivity contribution < 1.29 is 14.3 Å². The highest BCUT2D eigenvalue weighted by molar-refractivity contribution is 6.30. The van der Waals surface area contributed by atoms with Crippen molar-refractivity contribution in [2.75, 3.05) is 7.05 Å². The molecule has 0 aliphatic rings. The Morgan fingerprint density at radius 3 is 2.17 bits per heavy atom. The van der Waals surface area contributed by atoms with Crippen molar-refractivity contribution in [3.05, 3.63) is 70.7 Å². The van der Waals surface area contributed by atoms with Gasteiger partial charge in [0.25, 0.3) is 0 Å². The van der Waals surface area contributed by atoms with Gasteiger partial charge in [-0.3, -0.25) is 9.59 Å². The maximum absolute atomic E-state index is 12.8. The predicted octanol–water partition coefficient (Wildman–Crippen LogP) is 3.42. The summed E-state index contributed by atoms with van der Waals surface area (Å²) in [6.45, 7) is 1.32. The van der Waals surface area contributed by atoms with Gasteiger partial charge in [0.2, 0.25) is 0 Å². The van der Waals surface area contributed by atoms with Crippen LogP contribution in [0.2, 0.25) is 5.02 Å². The first-order chi connectivity index (χ1) is 11.0. The summed E-state index contributed by atoms with van der Waals surface area (Å²) in [5.74, 6) is -0.597. The molecule has 1 N–H and O–H groups in total. The van der Waals surface area contributed by atoms with Crippen molar-refractivity contribution in [3.63, 3.8) is 0 Å². The molecule has 0 heterocycles. The highest BCUT2D eigenvalue weighted by Crippen LogP contribution is 2.25. The van der Waals surface area contributed by atoms with E-state index in [0.29, 0.717) is 16.1 Å². The maximum Gasteiger partial charge on any atom is 0.303 e. The van der Waals surface area contributed by atoms with E-state index in [-0.39, 0.29) is 5.78 Å². The first kappa shape index (κ1) is 17.2. The Morgan fingerprint density at radius 1 is 1.04 bits per heavy atom. The summed E-state index contributed by atoms with van der Waals surface area (Å²) < 4.78 is 5.41. The van der Waals surface area contributed by atoms with Crippen LogP contribution in [0.1, 0.15) is 28.9 Å². The van der Waals surface area contributed by atoms with Gasteiger partial charge in [0, 0.05) is 17.5 Å². The summed E-state index contributed by atoms with van der Waals surface area (Å²) in [4.78, 5) is 24.2. The zero-order valence-corrected chi connectivity index (χ0v) is 13.7. The predicted molar refractivity (Wildman–Crippen MR) is 89.6 cm³/mol. The fraction of sp³-hybridized carbons (Fsp3) is 0.222. The largest absolute Gasteiger partial charge is 0.455 e. The summed E-state index contributed by atoms with van der Waals surface area (Å²) in [7, 11) is 1.66. The third-order valence-corrected chi connectivity index (χ3v) is 3.70. The molecular weight excluding hydrogens is 314 g/mol. The molecule has 0 fully saturated rings. The van der Waals surface area contributed by atoms with Crippen LogP contribution in [0.15, 0.2) is 54.6 Å². The number of ether oxygens (including phenoxy) is 1. The van der Waals surface area contributed by atoms with Crippen LogP contribution in [0.4, 0.5) is 0 Å². The van der Waals surface area contributed by atoms with Gasteiger partial charge in [-0.05, 0) is 24.7 Å². The Hall–Kier alpha value is -2.17. The van der Waals surface area contributed by atoms with Gasteiger partial charge in [0.1, 0.15) is 12.1 Å². The smallest absolute Gasteiger partial charge is 0.303 e. The molecule has 2 rings (SSSR count). The van der Waals surface area contributed by atoms with Crippen LogP contribution < -0.4 is 5.32 Å². The number of carbonyl (C=O) groups is 2. The molecule has 5 heteroatoms. The molecule has 2 atom stereocenters. The molecule has 0 unspecified atom stereocenters. The first-order valence-corrected chi connectivity index (χ1v) is 7.60. The van der Waals surface area contributed by atoms with Gasteiger partial charge in [-0.25, -0.2) is 0 Å². The lowest BCUT2D eigenvalue weighted by Gasteiger charge is -2.26. The SMILES string of the molecule is CN[C@H](C(=O)c1ccccc1)[C@@H](OC(C)=O)c1ccc(Cl)cc1. The molecule has 2 aromatic carbocycles. The zero-order chi connectivity index (χ0) is 16.8. The number of hydrogen-bond donors (Lipinski definition) is 1. The number of nitrogens with one attached hydrogen (secondary N) is 1. The van der Waals surface area contributed by atoms with Gasteiger partial charge in [-0.2, -0.15) is 0 Å². The number of carbonyl (C=O) groups excluding carboxylic acids is 2. The van der Waals surface area contributed by atoms with E-state index in [4.69, 9.17) is 16.3 Å². The van der Waals surface area contributed by atoms with Gasteiger partial charge in [0.05, 0.1) is 0 Å². The van der Waals surface area contributed by atoms with Gasteiger partial charge < -0.3 is 10.1 Å². The lowest BCUT2D eigenvalue weighted by atomic mass is 9.95. The number of esters is 1. The second-order valence-corrected chi connectivity index (χ2v) is 5.51. The normalized spacial score (nSPS) is 13.2. The highest BCUT2D eigenvalue weighted by atomic mass is 35.5. The third-order valence-electron chi connectivity index (χ3n) is 3.45. The molecule has 4 nitrogen and oxygen atoms in total. The molecule has 0 aromatic heterocycles. The Labute approximate surface area is 140 Å². The maximum atomic E-state index is 12.8. The minimum absolute atomic E-state index is 0.144. The summed E-state index contributed by atoms with van der Waals surface area (Å²) >= 11 is 5.90. The Bertz CT molecular complexity index is 670. The van der Waals surface area contributed by atoms with E-state index in [1.165, 1.54) is 6.92 Å². The van der Waals surface area contributed by atoms with Gasteiger partial charge in [-0.1, -0.05) is 54.1 Å². The van der Waals surface area contributed by atoms with Crippen LogP contribution in [-0.4, -0.2) is 24.8 Å². The molecule has 0 amide bonds. The molecule has 0 saturated heterocycles. The fourth-order valence-corrected chi connectivity index (χ4v) is 2.49. The Kier molecular flexibility index (Phi) is 5.90. The molecular formula is C18H18ClNO3. The van der Waals surface area contributed by atoms with E-state index in [9.17, 15) is 9.59 Å². The lowest BCUT2D eigenvalue weighted by molar-refractivity contribution is -0.147. The van der Waals surface area contributed by atoms with Crippen LogP contribution in [-0.2, 0) is 9.53 Å². The van der Waals surface area contributed by atoms with Gasteiger partial charge in [0.15, 0.2) is 5.78 Å². The number of ketones is 1. The second-order valence-electron chi connectivity index (χ2n) is 5.08. The third kappa shape index (κ3) is 4.41. The van der Waals surface area contributed by atoms with E-state index >= 15 is 0 Å². The average Bonchev–Trinajstić information content (AvgIpc) is 2.55. The Balaban J connectivity index is 2.37. The van der Waals surface area contributed by atoms with Gasteiger partial charge in [-0.15, -0.1) is 0 Å². The minimum Gasteiger partial charge on any atom is -0.455 e. The second kappa shape index (κ2) is 7.90. The van der Waals surface area contributed by atoms with Crippen molar-refractivity contribution in [2.24, 2.45) is 0 Å².